The van der Waals surface area contributed by atoms with E-state index >= 15 is 0 Å². The second kappa shape index (κ2) is 9.31. The van der Waals surface area contributed by atoms with Gasteiger partial charge in [0.05, 0.1) is 20.0 Å². The molecule has 4 saturated heterocycles. The first-order valence-corrected chi connectivity index (χ1v) is 11.1. The van der Waals surface area contributed by atoms with Crippen LogP contribution in [0.25, 0.3) is 0 Å². The van der Waals surface area contributed by atoms with Crippen LogP contribution in [-0.2, 0) is 33.1 Å². The Labute approximate surface area is 180 Å². The van der Waals surface area contributed by atoms with Gasteiger partial charge in [0.1, 0.15) is 0 Å². The van der Waals surface area contributed by atoms with Crippen molar-refractivity contribution in [2.45, 2.75) is 0 Å². The third-order valence-corrected chi connectivity index (χ3v) is 8.31. The Balaban J connectivity index is 0.000000305. The Hall–Kier alpha value is -0.228. The molecule has 1 aromatic rings. The van der Waals surface area contributed by atoms with Gasteiger partial charge in [-0.05, 0) is 0 Å². The molecule has 0 saturated carbocycles. The molecule has 4 aliphatic heterocycles. The molecule has 4 fully saturated rings. The first kappa shape index (κ1) is 22.1. The van der Waals surface area contributed by atoms with E-state index in [1.165, 1.54) is 0 Å². The Morgan fingerprint density at radius 2 is 1.69 bits per heavy atom. The van der Waals surface area contributed by atoms with Crippen LogP contribution in [0.3, 0.4) is 0 Å². The minimum Gasteiger partial charge on any atom is -0.411 e. The maximum atomic E-state index is 12.3. The van der Waals surface area contributed by atoms with Crippen LogP contribution in [0.4, 0.5) is 0 Å². The molecule has 1 aromatic carbocycles. The Morgan fingerprint density at radius 1 is 1.19 bits per heavy atom. The molecule has 5 rings (SSSR count). The molecule has 0 aliphatic carbocycles. The summed E-state index contributed by atoms with van der Waals surface area (Å²) in [5.41, 5.74) is 0.596. The van der Waals surface area contributed by atoms with Crippen molar-refractivity contribution in [1.82, 2.24) is 19.6 Å². The molecular formula is C16H22N5OPPdS2. The summed E-state index contributed by atoms with van der Waals surface area (Å²) in [5.74, 6) is -0.0838. The molecule has 0 aromatic heterocycles. The number of rotatable bonds is 1. The molecule has 4 bridgehead atoms. The van der Waals surface area contributed by atoms with E-state index in [1.54, 1.807) is 17.0 Å². The van der Waals surface area contributed by atoms with E-state index < -0.39 is 7.05 Å². The minimum atomic E-state index is -1.54. The summed E-state index contributed by atoms with van der Waals surface area (Å²) in [6.45, 7) is 3.12. The molecule has 10 heteroatoms. The van der Waals surface area contributed by atoms with Crippen LogP contribution in [0, 0.1) is 6.07 Å². The molecule has 0 unspecified atom stereocenters. The van der Waals surface area contributed by atoms with Crippen LogP contribution in [-0.4, -0.2) is 82.8 Å². The van der Waals surface area contributed by atoms with E-state index in [4.69, 9.17) is 0 Å². The molecule has 4 aliphatic rings. The molecule has 6 nitrogen and oxygen atoms in total. The van der Waals surface area contributed by atoms with Crippen LogP contribution in [0.15, 0.2) is 29.0 Å². The maximum absolute atomic E-state index is 12.3. The topological polar surface area (TPSA) is 42.4 Å². The summed E-state index contributed by atoms with van der Waals surface area (Å²) in [4.78, 5) is 21.3. The molecule has 0 N–H and O–H groups in total. The van der Waals surface area contributed by atoms with Gasteiger partial charge in [-0.1, -0.05) is 9.88 Å². The van der Waals surface area contributed by atoms with Gasteiger partial charge < -0.3 is 34.5 Å². The van der Waals surface area contributed by atoms with Crippen molar-refractivity contribution in [1.29, 1.82) is 0 Å². The predicted molar refractivity (Wildman–Crippen MR) is 107 cm³/mol. The summed E-state index contributed by atoms with van der Waals surface area (Å²) < 4.78 is 5.16. The van der Waals surface area contributed by atoms with E-state index in [1.807, 2.05) is 26.2 Å². The molecule has 144 valence electrons. The van der Waals surface area contributed by atoms with Crippen molar-refractivity contribution in [3.05, 3.63) is 35.9 Å². The smallest absolute Gasteiger partial charge is 0.411 e. The fraction of sp³-hybridized carbons (Fsp3) is 0.500. The average molecular weight is 502 g/mol. The number of carbonyl (C=O) groups is 1. The molecule has 1 amide bonds. The largest absolute Gasteiger partial charge is 2.00 e. The van der Waals surface area contributed by atoms with Crippen LogP contribution in [0.1, 0.15) is 10.4 Å². The van der Waals surface area contributed by atoms with Crippen molar-refractivity contribution in [3.8, 4) is 0 Å². The van der Waals surface area contributed by atoms with E-state index in [9.17, 15) is 4.79 Å². The van der Waals surface area contributed by atoms with Crippen molar-refractivity contribution >= 4 is 42.1 Å². The molecule has 4 heterocycles. The number of thiocarbonyl (C=S) groups is 1. The zero-order valence-corrected chi connectivity index (χ0v) is 18.9. The zero-order chi connectivity index (χ0) is 18.0. The number of amides is 1. The summed E-state index contributed by atoms with van der Waals surface area (Å²) in [6.07, 6.45) is 3.04. The SMILES string of the molecule is CN(C)C(=S)[S-].O=C(N=P12CN3CN(CN(C3)C1)C2)c1[c-]cccc1.[Pd+2]. The molecular weight excluding hydrogens is 480 g/mol. The van der Waals surface area contributed by atoms with Crippen LogP contribution in [0.5, 0.6) is 0 Å². The van der Waals surface area contributed by atoms with Gasteiger partial charge in [-0.2, -0.15) is 0 Å². The second-order valence-corrected chi connectivity index (χ2v) is 11.1. The van der Waals surface area contributed by atoms with Crippen molar-refractivity contribution in [3.63, 3.8) is 0 Å². The summed E-state index contributed by atoms with van der Waals surface area (Å²) >= 11 is 9.12. The number of hydrogen-bond donors (Lipinski definition) is 0. The maximum Gasteiger partial charge on any atom is 2.00 e. The fourth-order valence-electron chi connectivity index (χ4n) is 3.37. The number of benzene rings is 1. The Bertz CT molecular complexity index is 674. The van der Waals surface area contributed by atoms with Crippen molar-refractivity contribution < 1.29 is 25.2 Å². The van der Waals surface area contributed by atoms with Gasteiger partial charge in [0.2, 0.25) is 0 Å². The fourth-order valence-corrected chi connectivity index (χ4v) is 7.09. The third kappa shape index (κ3) is 5.40. The van der Waals surface area contributed by atoms with E-state index in [-0.39, 0.29) is 26.3 Å². The van der Waals surface area contributed by atoms with Crippen LogP contribution in [0.2, 0.25) is 0 Å². The monoisotopic (exact) mass is 501 g/mol. The second-order valence-electron chi connectivity index (χ2n) is 6.80. The average Bonchev–Trinajstić information content (AvgIpc) is 2.54. The number of hydrogen-bond acceptors (Lipinski definition) is 6. The summed E-state index contributed by atoms with van der Waals surface area (Å²) in [7, 11) is 2.12. The third-order valence-electron chi connectivity index (χ3n) is 4.20. The first-order valence-electron chi connectivity index (χ1n) is 8.03. The Morgan fingerprint density at radius 3 is 2.08 bits per heavy atom. The normalized spacial score (nSPS) is 30.5. The van der Waals surface area contributed by atoms with Gasteiger partial charge in [0.15, 0.2) is 5.91 Å². The molecule has 0 atom stereocenters. The standard InChI is InChI=1S/C13H16N4OP.C3H7NS2.Pd/c18-13(12-4-2-1-3-5-12)14-19-9-15-6-16(10-19)8-17(7-15)11-19;1-4(2)3(5)6;/h1-4H,6-11H2;1-2H3,(H,5,6);/q-1;;+2/p-1. The van der Waals surface area contributed by atoms with Gasteiger partial charge in [-0.25, -0.2) is 0 Å². The first-order chi connectivity index (χ1) is 11.9. The predicted octanol–water partition coefficient (Wildman–Crippen LogP) is 1.90. The summed E-state index contributed by atoms with van der Waals surface area (Å²) in [5, 5.41) is 0. The zero-order valence-electron chi connectivity index (χ0n) is 14.8. The molecule has 0 radical (unpaired) electrons. The molecule has 26 heavy (non-hydrogen) atoms. The quantitative estimate of drug-likeness (QED) is 0.191. The van der Waals surface area contributed by atoms with E-state index in [0.29, 0.717) is 9.88 Å². The van der Waals surface area contributed by atoms with Crippen LogP contribution < -0.4 is 0 Å². The van der Waals surface area contributed by atoms with Gasteiger partial charge in [-0.3, -0.25) is 19.4 Å². The minimum absolute atomic E-state index is 0. The van der Waals surface area contributed by atoms with Crippen molar-refractivity contribution in [2.24, 2.45) is 4.74 Å². The van der Waals surface area contributed by atoms with Gasteiger partial charge in [0.25, 0.3) is 0 Å². The van der Waals surface area contributed by atoms with Gasteiger partial charge in [0, 0.05) is 40.0 Å². The van der Waals surface area contributed by atoms with Crippen LogP contribution >= 0.6 is 19.3 Å². The Kier molecular flexibility index (Phi) is 7.90. The van der Waals surface area contributed by atoms with Gasteiger partial charge >= 0.3 is 20.4 Å². The van der Waals surface area contributed by atoms with E-state index in [0.717, 1.165) is 38.9 Å². The van der Waals surface area contributed by atoms with Crippen molar-refractivity contribution in [2.75, 3.05) is 53.0 Å². The van der Waals surface area contributed by atoms with E-state index in [2.05, 4.69) is 50.4 Å². The number of nitrogens with zero attached hydrogens (tertiary/aromatic N) is 5. The summed E-state index contributed by atoms with van der Waals surface area (Å²) in [6, 6.07) is 10.3. The van der Waals surface area contributed by atoms with Gasteiger partial charge in [-0.15, -0.1) is 30.3 Å². The number of carbonyl (C=O) groups excluding carboxylic acids is 1. The molecule has 0 spiro atoms.